The molecule has 3 nitrogen and oxygen atoms in total. The molecular weight excluding hydrogens is 212 g/mol. The van der Waals surface area contributed by atoms with Gasteiger partial charge in [0.1, 0.15) is 0 Å². The molecule has 0 aliphatic carbocycles. The molecule has 0 saturated carbocycles. The Morgan fingerprint density at radius 2 is 2.18 bits per heavy atom. The monoisotopic (exact) mass is 234 g/mol. The Bertz CT molecular complexity index is 315. The number of likely N-dealkylation sites (N-methyl/N-ethyl adjacent to an activating group) is 1. The molecule has 1 aliphatic rings. The summed E-state index contributed by atoms with van der Waals surface area (Å²) in [5.74, 6) is 0. The van der Waals surface area contributed by atoms with E-state index in [0.717, 1.165) is 39.4 Å². The maximum absolute atomic E-state index is 5.57. The third-order valence-corrected chi connectivity index (χ3v) is 3.21. The summed E-state index contributed by atoms with van der Waals surface area (Å²) in [7, 11) is 0. The summed E-state index contributed by atoms with van der Waals surface area (Å²) in [6.07, 6.45) is 0. The van der Waals surface area contributed by atoms with Crippen LogP contribution in [0.15, 0.2) is 30.3 Å². The van der Waals surface area contributed by atoms with Crippen LogP contribution < -0.4 is 5.32 Å². The van der Waals surface area contributed by atoms with Crippen molar-refractivity contribution in [1.82, 2.24) is 10.2 Å². The standard InChI is InChI=1S/C14H22N2O/c1-2-15-10-14-12-17-9-8-16(14)11-13-6-4-3-5-7-13/h3-7,14-15H,2,8-12H2,1H3/t14-/m1/s1. The van der Waals surface area contributed by atoms with Crippen LogP contribution in [-0.4, -0.2) is 43.8 Å². The smallest absolute Gasteiger partial charge is 0.0635 e. The first-order chi connectivity index (χ1) is 8.40. The minimum absolute atomic E-state index is 0.504. The number of nitrogens with one attached hydrogen (secondary N) is 1. The zero-order valence-corrected chi connectivity index (χ0v) is 10.6. The summed E-state index contributed by atoms with van der Waals surface area (Å²) in [5, 5.41) is 3.41. The predicted molar refractivity (Wildman–Crippen MR) is 70.0 cm³/mol. The predicted octanol–water partition coefficient (Wildman–Crippen LogP) is 1.50. The van der Waals surface area contributed by atoms with Gasteiger partial charge in [0.2, 0.25) is 0 Å². The molecule has 1 N–H and O–H groups in total. The Balaban J connectivity index is 1.92. The van der Waals surface area contributed by atoms with Gasteiger partial charge in [-0.2, -0.15) is 0 Å². The molecule has 0 amide bonds. The molecule has 0 unspecified atom stereocenters. The first-order valence-electron chi connectivity index (χ1n) is 6.46. The fraction of sp³-hybridized carbons (Fsp3) is 0.571. The van der Waals surface area contributed by atoms with Crippen molar-refractivity contribution >= 4 is 0 Å². The van der Waals surface area contributed by atoms with Gasteiger partial charge in [-0.25, -0.2) is 0 Å². The van der Waals surface area contributed by atoms with Gasteiger partial charge in [-0.1, -0.05) is 37.3 Å². The molecule has 1 heterocycles. The van der Waals surface area contributed by atoms with Crippen molar-refractivity contribution in [1.29, 1.82) is 0 Å². The van der Waals surface area contributed by atoms with Crippen molar-refractivity contribution < 1.29 is 4.74 Å². The van der Waals surface area contributed by atoms with Crippen LogP contribution in [0.3, 0.4) is 0 Å². The Hall–Kier alpha value is -0.900. The lowest BCUT2D eigenvalue weighted by Gasteiger charge is -2.35. The van der Waals surface area contributed by atoms with Gasteiger partial charge in [0, 0.05) is 25.7 Å². The molecule has 1 saturated heterocycles. The normalized spacial score (nSPS) is 21.6. The quantitative estimate of drug-likeness (QED) is 0.835. The molecule has 1 aliphatic heterocycles. The van der Waals surface area contributed by atoms with Crippen molar-refractivity contribution in [3.05, 3.63) is 35.9 Å². The molecule has 1 aromatic carbocycles. The first kappa shape index (κ1) is 12.6. The molecule has 0 bridgehead atoms. The van der Waals surface area contributed by atoms with Crippen LogP contribution >= 0.6 is 0 Å². The molecule has 0 aromatic heterocycles. The summed E-state index contributed by atoms with van der Waals surface area (Å²) in [6, 6.07) is 11.2. The molecular formula is C14H22N2O. The van der Waals surface area contributed by atoms with Gasteiger partial charge in [-0.3, -0.25) is 4.90 Å². The highest BCUT2D eigenvalue weighted by atomic mass is 16.5. The lowest BCUT2D eigenvalue weighted by molar-refractivity contribution is -0.0107. The van der Waals surface area contributed by atoms with E-state index in [-0.39, 0.29) is 0 Å². The molecule has 0 radical (unpaired) electrons. The highest BCUT2D eigenvalue weighted by Gasteiger charge is 2.22. The zero-order valence-electron chi connectivity index (χ0n) is 10.6. The van der Waals surface area contributed by atoms with Gasteiger partial charge < -0.3 is 10.1 Å². The van der Waals surface area contributed by atoms with E-state index in [0.29, 0.717) is 6.04 Å². The maximum Gasteiger partial charge on any atom is 0.0635 e. The fourth-order valence-corrected chi connectivity index (χ4v) is 2.21. The molecule has 3 heteroatoms. The largest absolute Gasteiger partial charge is 0.378 e. The number of ether oxygens (including phenoxy) is 1. The van der Waals surface area contributed by atoms with Crippen molar-refractivity contribution in [2.45, 2.75) is 19.5 Å². The maximum atomic E-state index is 5.57. The zero-order chi connectivity index (χ0) is 11.9. The highest BCUT2D eigenvalue weighted by molar-refractivity contribution is 5.14. The van der Waals surface area contributed by atoms with E-state index >= 15 is 0 Å². The van der Waals surface area contributed by atoms with Crippen molar-refractivity contribution in [3.8, 4) is 0 Å². The molecule has 17 heavy (non-hydrogen) atoms. The molecule has 2 rings (SSSR count). The fourth-order valence-electron chi connectivity index (χ4n) is 2.21. The number of nitrogens with zero attached hydrogens (tertiary/aromatic N) is 1. The number of hydrogen-bond acceptors (Lipinski definition) is 3. The van der Waals surface area contributed by atoms with E-state index in [4.69, 9.17) is 4.74 Å². The van der Waals surface area contributed by atoms with Gasteiger partial charge in [0.25, 0.3) is 0 Å². The van der Waals surface area contributed by atoms with E-state index in [9.17, 15) is 0 Å². The highest BCUT2D eigenvalue weighted by Crippen LogP contribution is 2.11. The molecule has 94 valence electrons. The van der Waals surface area contributed by atoms with Crippen LogP contribution in [0.1, 0.15) is 12.5 Å². The van der Waals surface area contributed by atoms with Gasteiger partial charge in [-0.15, -0.1) is 0 Å². The lowest BCUT2D eigenvalue weighted by atomic mass is 10.1. The second-order valence-corrected chi connectivity index (χ2v) is 4.49. The topological polar surface area (TPSA) is 24.5 Å². The number of hydrogen-bond donors (Lipinski definition) is 1. The summed E-state index contributed by atoms with van der Waals surface area (Å²) in [6.45, 7) is 7.95. The van der Waals surface area contributed by atoms with Gasteiger partial charge in [0.15, 0.2) is 0 Å². The number of rotatable bonds is 5. The average Bonchev–Trinajstić information content (AvgIpc) is 2.39. The Labute approximate surface area is 104 Å². The second kappa shape index (κ2) is 6.74. The lowest BCUT2D eigenvalue weighted by Crippen LogP contribution is -2.49. The van der Waals surface area contributed by atoms with Crippen molar-refractivity contribution in [2.24, 2.45) is 0 Å². The summed E-state index contributed by atoms with van der Waals surface area (Å²) in [4.78, 5) is 2.52. The van der Waals surface area contributed by atoms with Crippen molar-refractivity contribution in [3.63, 3.8) is 0 Å². The SMILES string of the molecule is CCNC[C@@H]1COCCN1Cc1ccccc1. The molecule has 1 atom stereocenters. The molecule has 1 fully saturated rings. The third kappa shape index (κ3) is 3.80. The van der Waals surface area contributed by atoms with E-state index in [1.807, 2.05) is 0 Å². The summed E-state index contributed by atoms with van der Waals surface area (Å²) >= 11 is 0. The third-order valence-electron chi connectivity index (χ3n) is 3.21. The summed E-state index contributed by atoms with van der Waals surface area (Å²) < 4.78 is 5.57. The average molecular weight is 234 g/mol. The second-order valence-electron chi connectivity index (χ2n) is 4.49. The van der Waals surface area contributed by atoms with Gasteiger partial charge in [0.05, 0.1) is 13.2 Å². The molecule has 1 aromatic rings. The van der Waals surface area contributed by atoms with Crippen LogP contribution in [0.2, 0.25) is 0 Å². The number of morpholine rings is 1. The molecule has 0 spiro atoms. The van der Waals surface area contributed by atoms with Crippen molar-refractivity contribution in [2.75, 3.05) is 32.8 Å². The summed E-state index contributed by atoms with van der Waals surface area (Å²) in [5.41, 5.74) is 1.39. The van der Waals surface area contributed by atoms with Crippen LogP contribution in [0.5, 0.6) is 0 Å². The van der Waals surface area contributed by atoms with E-state index in [1.54, 1.807) is 0 Å². The first-order valence-corrected chi connectivity index (χ1v) is 6.46. The van der Waals surface area contributed by atoms with E-state index < -0.39 is 0 Å². The van der Waals surface area contributed by atoms with Crippen LogP contribution in [0, 0.1) is 0 Å². The Kier molecular flexibility index (Phi) is 4.98. The van der Waals surface area contributed by atoms with E-state index in [2.05, 4.69) is 47.5 Å². The number of benzene rings is 1. The van der Waals surface area contributed by atoms with E-state index in [1.165, 1.54) is 5.56 Å². The van der Waals surface area contributed by atoms with Gasteiger partial charge in [-0.05, 0) is 12.1 Å². The Morgan fingerprint density at radius 1 is 1.35 bits per heavy atom. The van der Waals surface area contributed by atoms with Crippen LogP contribution in [-0.2, 0) is 11.3 Å². The van der Waals surface area contributed by atoms with Crippen LogP contribution in [0.4, 0.5) is 0 Å². The Morgan fingerprint density at radius 3 is 2.94 bits per heavy atom. The minimum atomic E-state index is 0.504. The van der Waals surface area contributed by atoms with Gasteiger partial charge >= 0.3 is 0 Å². The minimum Gasteiger partial charge on any atom is -0.378 e. The van der Waals surface area contributed by atoms with Crippen LogP contribution in [0.25, 0.3) is 0 Å².